The third kappa shape index (κ3) is 9.05. The molecule has 2 heteroatoms. The summed E-state index contributed by atoms with van der Waals surface area (Å²) in [5.41, 5.74) is 0.956. The molecule has 0 aromatic rings. The van der Waals surface area contributed by atoms with Crippen molar-refractivity contribution in [3.63, 3.8) is 0 Å². The van der Waals surface area contributed by atoms with E-state index in [1.807, 2.05) is 12.2 Å². The fraction of sp³-hybridized carbons (Fsp3) is 0.455. The van der Waals surface area contributed by atoms with Gasteiger partial charge in [-0.2, -0.15) is 0 Å². The van der Waals surface area contributed by atoms with Gasteiger partial charge in [0.25, 0.3) is 0 Å². The van der Waals surface area contributed by atoms with Gasteiger partial charge in [0.2, 0.25) is 0 Å². The molecule has 0 aliphatic carbocycles. The highest BCUT2D eigenvalue weighted by atomic mass is 16.5. The van der Waals surface area contributed by atoms with Crippen molar-refractivity contribution in [2.45, 2.75) is 6.42 Å². The van der Waals surface area contributed by atoms with Crippen LogP contribution in [0.4, 0.5) is 0 Å². The smallest absolute Gasteiger partial charge is 0.0711 e. The molecule has 0 aromatic carbocycles. The first-order valence-corrected chi connectivity index (χ1v) is 4.34. The van der Waals surface area contributed by atoms with Gasteiger partial charge >= 0.3 is 0 Å². The first-order valence-electron chi connectivity index (χ1n) is 4.34. The molecule has 0 spiro atoms. The lowest BCUT2D eigenvalue weighted by Gasteiger charge is -2.02. The van der Waals surface area contributed by atoms with Crippen LogP contribution in [-0.2, 0) is 9.47 Å². The van der Waals surface area contributed by atoms with Gasteiger partial charge in [0.15, 0.2) is 0 Å². The van der Waals surface area contributed by atoms with Crippen LogP contribution >= 0.6 is 0 Å². The number of hydrogen-bond donors (Lipinski definition) is 0. The monoisotopic (exact) mass is 182 g/mol. The fourth-order valence-corrected chi connectivity index (χ4v) is 0.761. The first-order chi connectivity index (χ1) is 6.31. The molecule has 0 atom stereocenters. The van der Waals surface area contributed by atoms with E-state index in [1.165, 1.54) is 0 Å². The fourth-order valence-electron chi connectivity index (χ4n) is 0.761. The zero-order chi connectivity index (χ0) is 9.94. The van der Waals surface area contributed by atoms with Crippen molar-refractivity contribution in [2.75, 3.05) is 26.9 Å². The van der Waals surface area contributed by atoms with Crippen molar-refractivity contribution < 1.29 is 9.47 Å². The Bertz CT molecular complexity index is 171. The van der Waals surface area contributed by atoms with Crippen LogP contribution in [0.2, 0.25) is 0 Å². The zero-order valence-corrected chi connectivity index (χ0v) is 8.29. The van der Waals surface area contributed by atoms with Gasteiger partial charge in [-0.25, -0.2) is 0 Å². The summed E-state index contributed by atoms with van der Waals surface area (Å²) in [6.45, 7) is 9.43. The summed E-state index contributed by atoms with van der Waals surface area (Å²) < 4.78 is 10.2. The average Bonchev–Trinajstić information content (AvgIpc) is 2.14. The number of allylic oxidation sites excluding steroid dienone is 2. The van der Waals surface area contributed by atoms with E-state index in [0.717, 1.165) is 25.2 Å². The van der Waals surface area contributed by atoms with Crippen LogP contribution in [0.15, 0.2) is 37.0 Å². The molecule has 0 rings (SSSR count). The molecule has 0 saturated carbocycles. The van der Waals surface area contributed by atoms with Gasteiger partial charge in [-0.15, -0.1) is 0 Å². The Morgan fingerprint density at radius 3 is 2.77 bits per heavy atom. The van der Waals surface area contributed by atoms with E-state index in [1.54, 1.807) is 13.2 Å². The summed E-state index contributed by atoms with van der Waals surface area (Å²) in [7, 11) is 1.69. The molecule has 2 nitrogen and oxygen atoms in total. The lowest BCUT2D eigenvalue weighted by atomic mass is 10.3. The average molecular weight is 182 g/mol. The Labute approximate surface area is 80.5 Å². The normalized spacial score (nSPS) is 10.5. The van der Waals surface area contributed by atoms with Crippen LogP contribution in [0.3, 0.4) is 0 Å². The molecular formula is C11H18O2. The molecule has 0 aromatic heterocycles. The summed E-state index contributed by atoms with van der Waals surface area (Å²) in [4.78, 5) is 0. The lowest BCUT2D eigenvalue weighted by molar-refractivity contribution is 0.118. The van der Waals surface area contributed by atoms with Crippen LogP contribution in [0.1, 0.15) is 6.42 Å². The summed E-state index contributed by atoms with van der Waals surface area (Å²) in [6, 6.07) is 0. The predicted molar refractivity (Wildman–Crippen MR) is 55.8 cm³/mol. The number of methoxy groups -OCH3 is 1. The van der Waals surface area contributed by atoms with Crippen LogP contribution in [0.5, 0.6) is 0 Å². The molecule has 0 aliphatic rings. The van der Waals surface area contributed by atoms with E-state index >= 15 is 0 Å². The second kappa shape index (κ2) is 9.23. The van der Waals surface area contributed by atoms with Crippen LogP contribution in [0, 0.1) is 0 Å². The van der Waals surface area contributed by atoms with Crippen LogP contribution in [0.25, 0.3) is 0 Å². The molecule has 0 radical (unpaired) electrons. The predicted octanol–water partition coefficient (Wildman–Crippen LogP) is 2.34. The molecule has 0 saturated heterocycles. The molecule has 0 aliphatic heterocycles. The minimum atomic E-state index is 0.577. The molecule has 0 heterocycles. The van der Waals surface area contributed by atoms with Gasteiger partial charge in [-0.05, 0) is 12.0 Å². The Morgan fingerprint density at radius 2 is 2.15 bits per heavy atom. The first kappa shape index (κ1) is 12.1. The molecular weight excluding hydrogens is 164 g/mol. The van der Waals surface area contributed by atoms with Gasteiger partial charge in [-0.3, -0.25) is 0 Å². The van der Waals surface area contributed by atoms with Crippen molar-refractivity contribution in [3.8, 4) is 0 Å². The zero-order valence-electron chi connectivity index (χ0n) is 8.29. The largest absolute Gasteiger partial charge is 0.385 e. The lowest BCUT2D eigenvalue weighted by Crippen LogP contribution is -2.01. The van der Waals surface area contributed by atoms with Gasteiger partial charge in [0.1, 0.15) is 0 Å². The second-order valence-corrected chi connectivity index (χ2v) is 2.65. The Kier molecular flexibility index (Phi) is 8.62. The summed E-state index contributed by atoms with van der Waals surface area (Å²) in [6.07, 6.45) is 6.38. The third-order valence-corrected chi connectivity index (χ3v) is 1.39. The Balaban J connectivity index is 3.26. The van der Waals surface area contributed by atoms with Crippen molar-refractivity contribution >= 4 is 0 Å². The van der Waals surface area contributed by atoms with E-state index in [0.29, 0.717) is 6.61 Å². The van der Waals surface area contributed by atoms with E-state index in [2.05, 4.69) is 13.2 Å². The molecule has 0 unspecified atom stereocenters. The standard InChI is InChI=1S/C11H18O2/c1-4-5-7-11(2)10-13-9-6-8-12-3/h4-5,7H,1-2,6,8-10H2,3H3/b7-5-. The van der Waals surface area contributed by atoms with Gasteiger partial charge in [-0.1, -0.05) is 31.4 Å². The highest BCUT2D eigenvalue weighted by Gasteiger charge is 1.89. The molecule has 0 bridgehead atoms. The molecule has 13 heavy (non-hydrogen) atoms. The van der Waals surface area contributed by atoms with Crippen molar-refractivity contribution in [1.82, 2.24) is 0 Å². The summed E-state index contributed by atoms with van der Waals surface area (Å²) >= 11 is 0. The third-order valence-electron chi connectivity index (χ3n) is 1.39. The van der Waals surface area contributed by atoms with Crippen LogP contribution in [-0.4, -0.2) is 26.9 Å². The molecule has 0 fully saturated rings. The molecule has 74 valence electrons. The van der Waals surface area contributed by atoms with Gasteiger partial charge in [0, 0.05) is 20.3 Å². The van der Waals surface area contributed by atoms with E-state index in [9.17, 15) is 0 Å². The number of ether oxygens (including phenoxy) is 2. The molecule has 0 amide bonds. The maximum Gasteiger partial charge on any atom is 0.0711 e. The van der Waals surface area contributed by atoms with Gasteiger partial charge in [0.05, 0.1) is 6.61 Å². The van der Waals surface area contributed by atoms with E-state index < -0.39 is 0 Å². The Morgan fingerprint density at radius 1 is 1.38 bits per heavy atom. The number of rotatable bonds is 8. The summed E-state index contributed by atoms with van der Waals surface area (Å²) in [5.74, 6) is 0. The summed E-state index contributed by atoms with van der Waals surface area (Å²) in [5, 5.41) is 0. The SMILES string of the molecule is C=C/C=C\C(=C)COCCCOC. The van der Waals surface area contributed by atoms with Crippen molar-refractivity contribution in [1.29, 1.82) is 0 Å². The highest BCUT2D eigenvalue weighted by molar-refractivity contribution is 5.18. The Hall–Kier alpha value is -0.860. The van der Waals surface area contributed by atoms with Crippen LogP contribution < -0.4 is 0 Å². The van der Waals surface area contributed by atoms with E-state index in [4.69, 9.17) is 9.47 Å². The van der Waals surface area contributed by atoms with E-state index in [-0.39, 0.29) is 0 Å². The maximum atomic E-state index is 5.33. The maximum absolute atomic E-state index is 5.33. The minimum Gasteiger partial charge on any atom is -0.385 e. The quantitative estimate of drug-likeness (QED) is 0.424. The van der Waals surface area contributed by atoms with Gasteiger partial charge < -0.3 is 9.47 Å². The second-order valence-electron chi connectivity index (χ2n) is 2.65. The minimum absolute atomic E-state index is 0.577. The highest BCUT2D eigenvalue weighted by Crippen LogP contribution is 1.95. The van der Waals surface area contributed by atoms with Crippen molar-refractivity contribution in [2.24, 2.45) is 0 Å². The topological polar surface area (TPSA) is 18.5 Å². The van der Waals surface area contributed by atoms with Crippen molar-refractivity contribution in [3.05, 3.63) is 37.0 Å². The molecule has 0 N–H and O–H groups in total. The number of hydrogen-bond acceptors (Lipinski definition) is 2.